The molecular weight excluding hydrogens is 393 g/mol. The largest absolute Gasteiger partial charge is 0.322 e. The standard InChI is InChI=1S/C18H19ClFN3O3S/c1-13-4-2-3-5-14(13)11-22-8-9-23(27(22,25)26)12-18(24)21-17-7-6-15(19)10-16(17)20/h2-7,10H,8-9,11-12H2,1H3,(H,21,24). The van der Waals surface area contributed by atoms with Crippen LogP contribution in [0.3, 0.4) is 0 Å². The number of benzene rings is 2. The summed E-state index contributed by atoms with van der Waals surface area (Å²) in [6.07, 6.45) is 0. The van der Waals surface area contributed by atoms with E-state index in [1.807, 2.05) is 31.2 Å². The van der Waals surface area contributed by atoms with Crippen LogP contribution in [0, 0.1) is 12.7 Å². The number of nitrogens with zero attached hydrogens (tertiary/aromatic N) is 2. The van der Waals surface area contributed by atoms with Crippen molar-refractivity contribution in [2.45, 2.75) is 13.5 Å². The van der Waals surface area contributed by atoms with Crippen LogP contribution >= 0.6 is 11.6 Å². The normalized spacial score (nSPS) is 17.1. The topological polar surface area (TPSA) is 69.7 Å². The first-order valence-electron chi connectivity index (χ1n) is 8.32. The van der Waals surface area contributed by atoms with E-state index in [1.54, 1.807) is 0 Å². The van der Waals surface area contributed by atoms with Crippen molar-refractivity contribution < 1.29 is 17.6 Å². The molecular formula is C18H19ClFN3O3S. The number of amides is 1. The number of anilines is 1. The molecule has 1 fully saturated rings. The van der Waals surface area contributed by atoms with Gasteiger partial charge in [0.25, 0.3) is 10.2 Å². The number of aryl methyl sites for hydroxylation is 1. The van der Waals surface area contributed by atoms with Crippen LogP contribution in [0.5, 0.6) is 0 Å². The van der Waals surface area contributed by atoms with E-state index in [0.29, 0.717) is 6.54 Å². The summed E-state index contributed by atoms with van der Waals surface area (Å²) in [5, 5.41) is 2.59. The van der Waals surface area contributed by atoms with Crippen LogP contribution in [-0.2, 0) is 21.5 Å². The summed E-state index contributed by atoms with van der Waals surface area (Å²) < 4.78 is 41.6. The summed E-state index contributed by atoms with van der Waals surface area (Å²) in [6, 6.07) is 11.4. The van der Waals surface area contributed by atoms with Gasteiger partial charge in [-0.25, -0.2) is 4.39 Å². The van der Waals surface area contributed by atoms with Crippen LogP contribution in [0.25, 0.3) is 0 Å². The Morgan fingerprint density at radius 3 is 2.59 bits per heavy atom. The Morgan fingerprint density at radius 1 is 1.19 bits per heavy atom. The van der Waals surface area contributed by atoms with Crippen molar-refractivity contribution in [3.05, 3.63) is 64.4 Å². The molecule has 6 nitrogen and oxygen atoms in total. The minimum absolute atomic E-state index is 0.0437. The van der Waals surface area contributed by atoms with Gasteiger partial charge in [-0.2, -0.15) is 17.0 Å². The van der Waals surface area contributed by atoms with Crippen molar-refractivity contribution in [2.24, 2.45) is 0 Å². The lowest BCUT2D eigenvalue weighted by atomic mass is 10.1. The van der Waals surface area contributed by atoms with Gasteiger partial charge >= 0.3 is 0 Å². The Kier molecular flexibility index (Phi) is 5.81. The molecule has 1 aliphatic heterocycles. The molecule has 27 heavy (non-hydrogen) atoms. The minimum Gasteiger partial charge on any atom is -0.322 e. The second-order valence-corrected chi connectivity index (χ2v) is 8.64. The molecule has 144 valence electrons. The fourth-order valence-corrected chi connectivity index (χ4v) is 4.55. The van der Waals surface area contributed by atoms with Crippen molar-refractivity contribution in [3.63, 3.8) is 0 Å². The van der Waals surface area contributed by atoms with Crippen LogP contribution in [0.1, 0.15) is 11.1 Å². The summed E-state index contributed by atoms with van der Waals surface area (Å²) in [5.74, 6) is -1.29. The Labute approximate surface area is 162 Å². The van der Waals surface area contributed by atoms with E-state index < -0.39 is 21.9 Å². The average Bonchev–Trinajstić information content (AvgIpc) is 2.87. The lowest BCUT2D eigenvalue weighted by Gasteiger charge is -2.19. The van der Waals surface area contributed by atoms with E-state index in [-0.39, 0.29) is 30.3 Å². The van der Waals surface area contributed by atoms with Crippen LogP contribution in [0.15, 0.2) is 42.5 Å². The lowest BCUT2D eigenvalue weighted by Crippen LogP contribution is -2.38. The molecule has 1 heterocycles. The van der Waals surface area contributed by atoms with E-state index in [0.717, 1.165) is 21.5 Å². The van der Waals surface area contributed by atoms with Crippen LogP contribution in [0.4, 0.5) is 10.1 Å². The summed E-state index contributed by atoms with van der Waals surface area (Å²) in [4.78, 5) is 12.2. The Hall–Kier alpha value is -2.00. The zero-order valence-corrected chi connectivity index (χ0v) is 16.2. The zero-order chi connectivity index (χ0) is 19.6. The quantitative estimate of drug-likeness (QED) is 0.822. The van der Waals surface area contributed by atoms with E-state index in [4.69, 9.17) is 11.6 Å². The maximum Gasteiger partial charge on any atom is 0.282 e. The first-order valence-corrected chi connectivity index (χ1v) is 10.1. The van der Waals surface area contributed by atoms with E-state index in [9.17, 15) is 17.6 Å². The number of hydrogen-bond donors (Lipinski definition) is 1. The molecule has 0 spiro atoms. The molecule has 1 N–H and O–H groups in total. The lowest BCUT2D eigenvalue weighted by molar-refractivity contribution is -0.116. The monoisotopic (exact) mass is 411 g/mol. The van der Waals surface area contributed by atoms with Gasteiger partial charge in [0.15, 0.2) is 0 Å². The molecule has 0 radical (unpaired) electrons. The van der Waals surface area contributed by atoms with Gasteiger partial charge in [0.2, 0.25) is 5.91 Å². The fourth-order valence-electron chi connectivity index (χ4n) is 2.86. The highest BCUT2D eigenvalue weighted by Gasteiger charge is 2.37. The van der Waals surface area contributed by atoms with Gasteiger partial charge in [-0.05, 0) is 36.2 Å². The van der Waals surface area contributed by atoms with Gasteiger partial charge in [-0.3, -0.25) is 4.79 Å². The van der Waals surface area contributed by atoms with E-state index in [1.165, 1.54) is 16.4 Å². The molecule has 2 aromatic rings. The number of carbonyl (C=O) groups is 1. The molecule has 2 aromatic carbocycles. The molecule has 9 heteroatoms. The van der Waals surface area contributed by atoms with Crippen LogP contribution in [0.2, 0.25) is 5.02 Å². The van der Waals surface area contributed by atoms with Crippen LogP contribution in [-0.4, -0.2) is 42.6 Å². The Bertz CT molecular complexity index is 968. The average molecular weight is 412 g/mol. The third kappa shape index (κ3) is 4.47. The number of carbonyl (C=O) groups excluding carboxylic acids is 1. The third-order valence-electron chi connectivity index (χ3n) is 4.38. The first-order chi connectivity index (χ1) is 12.8. The molecule has 0 atom stereocenters. The minimum atomic E-state index is -3.76. The highest BCUT2D eigenvalue weighted by atomic mass is 35.5. The molecule has 0 aromatic heterocycles. The summed E-state index contributed by atoms with van der Waals surface area (Å²) >= 11 is 5.68. The SMILES string of the molecule is Cc1ccccc1CN1CCN(CC(=O)Nc2ccc(Cl)cc2F)S1(=O)=O. The number of rotatable bonds is 5. The first kappa shape index (κ1) is 19.8. The maximum absolute atomic E-state index is 13.8. The Morgan fingerprint density at radius 2 is 1.89 bits per heavy atom. The van der Waals surface area contributed by atoms with E-state index in [2.05, 4.69) is 5.32 Å². The van der Waals surface area contributed by atoms with Crippen molar-refractivity contribution in [1.82, 2.24) is 8.61 Å². The highest BCUT2D eigenvalue weighted by Crippen LogP contribution is 2.22. The van der Waals surface area contributed by atoms with Crippen molar-refractivity contribution in [2.75, 3.05) is 25.0 Å². The van der Waals surface area contributed by atoms with Crippen molar-refractivity contribution in [3.8, 4) is 0 Å². The van der Waals surface area contributed by atoms with Crippen molar-refractivity contribution >= 4 is 33.4 Å². The predicted octanol–water partition coefficient (Wildman–Crippen LogP) is 2.79. The molecule has 0 unspecified atom stereocenters. The molecule has 0 bridgehead atoms. The number of halogens is 2. The van der Waals surface area contributed by atoms with Gasteiger partial charge in [0, 0.05) is 24.7 Å². The van der Waals surface area contributed by atoms with Gasteiger partial charge < -0.3 is 5.32 Å². The predicted molar refractivity (Wildman–Crippen MR) is 102 cm³/mol. The molecule has 1 amide bonds. The second-order valence-electron chi connectivity index (χ2n) is 6.27. The van der Waals surface area contributed by atoms with Crippen LogP contribution < -0.4 is 5.32 Å². The van der Waals surface area contributed by atoms with Gasteiger partial charge in [-0.15, -0.1) is 0 Å². The molecule has 1 saturated heterocycles. The molecule has 1 aliphatic rings. The van der Waals surface area contributed by atoms with Gasteiger partial charge in [0.1, 0.15) is 5.82 Å². The fraction of sp³-hybridized carbons (Fsp3) is 0.278. The molecule has 0 saturated carbocycles. The Balaban J connectivity index is 1.66. The van der Waals surface area contributed by atoms with Crippen molar-refractivity contribution in [1.29, 1.82) is 0 Å². The smallest absolute Gasteiger partial charge is 0.282 e. The summed E-state index contributed by atoms with van der Waals surface area (Å²) in [5.41, 5.74) is 1.87. The highest BCUT2D eigenvalue weighted by molar-refractivity contribution is 7.87. The number of hydrogen-bond acceptors (Lipinski definition) is 3. The van der Waals surface area contributed by atoms with E-state index >= 15 is 0 Å². The zero-order valence-electron chi connectivity index (χ0n) is 14.7. The number of nitrogens with one attached hydrogen (secondary N) is 1. The summed E-state index contributed by atoms with van der Waals surface area (Å²) in [6.45, 7) is 2.28. The third-order valence-corrected chi connectivity index (χ3v) is 6.55. The molecule has 0 aliphatic carbocycles. The van der Waals surface area contributed by atoms with Gasteiger partial charge in [0.05, 0.1) is 12.2 Å². The van der Waals surface area contributed by atoms with Gasteiger partial charge in [-0.1, -0.05) is 35.9 Å². The second kappa shape index (κ2) is 7.93. The summed E-state index contributed by atoms with van der Waals surface area (Å²) in [7, 11) is -3.76. The molecule has 3 rings (SSSR count). The maximum atomic E-state index is 13.8.